The van der Waals surface area contributed by atoms with Crippen LogP contribution in [0.2, 0.25) is 0 Å². The second kappa shape index (κ2) is 9.24. The van der Waals surface area contributed by atoms with Gasteiger partial charge < -0.3 is 20.2 Å². The fraction of sp³-hybridized carbons (Fsp3) is 0.435. The standard InChI is InChI=1S/C23H30N4O.HI/c1-18-7-3-4-8-19(18)23(11-12-23)17-25-22(24-2)27-15-13-26(14-16-27)20-9-5-6-10-21(20)28;/h3-10,28H,11-17H2,1-2H3,(H,24,25);1H. The molecule has 1 saturated heterocycles. The lowest BCUT2D eigenvalue weighted by atomic mass is 9.92. The van der Waals surface area contributed by atoms with Gasteiger partial charge in [-0.15, -0.1) is 24.0 Å². The first-order valence-electron chi connectivity index (χ1n) is 10.2. The van der Waals surface area contributed by atoms with Crippen molar-refractivity contribution < 1.29 is 5.11 Å². The molecular formula is C23H31IN4O. The number of piperazine rings is 1. The summed E-state index contributed by atoms with van der Waals surface area (Å²) in [5, 5.41) is 13.7. The second-order valence-electron chi connectivity index (χ2n) is 7.96. The number of aromatic hydroxyl groups is 1. The van der Waals surface area contributed by atoms with Gasteiger partial charge >= 0.3 is 0 Å². The van der Waals surface area contributed by atoms with Gasteiger partial charge in [-0.2, -0.15) is 0 Å². The number of hydrogen-bond acceptors (Lipinski definition) is 3. The Morgan fingerprint density at radius 3 is 2.31 bits per heavy atom. The number of para-hydroxylation sites is 2. The monoisotopic (exact) mass is 506 g/mol. The van der Waals surface area contributed by atoms with Gasteiger partial charge in [0.2, 0.25) is 0 Å². The third-order valence-corrected chi connectivity index (χ3v) is 6.17. The zero-order valence-electron chi connectivity index (χ0n) is 17.3. The summed E-state index contributed by atoms with van der Waals surface area (Å²) in [6, 6.07) is 16.3. The maximum absolute atomic E-state index is 10.1. The molecule has 0 atom stereocenters. The van der Waals surface area contributed by atoms with E-state index in [4.69, 9.17) is 0 Å². The predicted octanol–water partition coefficient (Wildman–Crippen LogP) is 3.75. The summed E-state index contributed by atoms with van der Waals surface area (Å²) in [7, 11) is 1.87. The van der Waals surface area contributed by atoms with Gasteiger partial charge in [0.1, 0.15) is 5.75 Å². The summed E-state index contributed by atoms with van der Waals surface area (Å²) in [6.07, 6.45) is 2.48. The maximum atomic E-state index is 10.1. The molecule has 1 heterocycles. The SMILES string of the molecule is CN=C(NCC1(c2ccccc2C)CC1)N1CCN(c2ccccc2O)CC1.I. The van der Waals surface area contributed by atoms with E-state index in [1.165, 1.54) is 24.0 Å². The first kappa shape index (κ1) is 21.7. The number of nitrogens with one attached hydrogen (secondary N) is 1. The third kappa shape index (κ3) is 4.63. The molecule has 1 saturated carbocycles. The van der Waals surface area contributed by atoms with E-state index in [1.54, 1.807) is 6.07 Å². The Morgan fingerprint density at radius 2 is 1.69 bits per heavy atom. The van der Waals surface area contributed by atoms with E-state index in [0.717, 1.165) is 44.4 Å². The van der Waals surface area contributed by atoms with Gasteiger partial charge in [0.15, 0.2) is 5.96 Å². The Morgan fingerprint density at radius 1 is 1.03 bits per heavy atom. The number of guanidine groups is 1. The largest absolute Gasteiger partial charge is 0.506 e. The number of anilines is 1. The molecule has 0 radical (unpaired) electrons. The highest BCUT2D eigenvalue weighted by atomic mass is 127. The van der Waals surface area contributed by atoms with Crippen molar-refractivity contribution in [3.8, 4) is 5.75 Å². The van der Waals surface area contributed by atoms with Gasteiger partial charge in [0.05, 0.1) is 5.69 Å². The zero-order chi connectivity index (χ0) is 19.6. The van der Waals surface area contributed by atoms with E-state index >= 15 is 0 Å². The van der Waals surface area contributed by atoms with Crippen LogP contribution in [-0.4, -0.2) is 55.7 Å². The molecule has 1 aliphatic carbocycles. The number of benzene rings is 2. The number of phenolic OH excluding ortho intramolecular Hbond substituents is 1. The smallest absolute Gasteiger partial charge is 0.193 e. The minimum Gasteiger partial charge on any atom is -0.506 e. The van der Waals surface area contributed by atoms with Crippen LogP contribution in [0.5, 0.6) is 5.75 Å². The molecule has 4 rings (SSSR count). The van der Waals surface area contributed by atoms with Crippen LogP contribution in [-0.2, 0) is 5.41 Å². The number of rotatable bonds is 4. The Hall–Kier alpha value is -1.96. The molecule has 156 valence electrons. The fourth-order valence-electron chi connectivity index (χ4n) is 4.33. The summed E-state index contributed by atoms with van der Waals surface area (Å²) in [5.74, 6) is 1.34. The summed E-state index contributed by atoms with van der Waals surface area (Å²) in [6.45, 7) is 6.69. The van der Waals surface area contributed by atoms with E-state index in [-0.39, 0.29) is 29.4 Å². The number of phenols is 1. The third-order valence-electron chi connectivity index (χ3n) is 6.17. The van der Waals surface area contributed by atoms with Crippen LogP contribution >= 0.6 is 24.0 Å². The highest BCUT2D eigenvalue weighted by molar-refractivity contribution is 14.0. The number of nitrogens with zero attached hydrogens (tertiary/aromatic N) is 3. The predicted molar refractivity (Wildman–Crippen MR) is 131 cm³/mol. The van der Waals surface area contributed by atoms with Crippen molar-refractivity contribution in [3.05, 3.63) is 59.7 Å². The molecular weight excluding hydrogens is 475 g/mol. The van der Waals surface area contributed by atoms with Crippen LogP contribution in [0.1, 0.15) is 24.0 Å². The Balaban J connectivity index is 0.00000240. The number of aryl methyl sites for hydroxylation is 1. The Bertz CT molecular complexity index is 857. The summed E-state index contributed by atoms with van der Waals surface area (Å²) >= 11 is 0. The molecule has 2 aromatic carbocycles. The van der Waals surface area contributed by atoms with Crippen LogP contribution in [0.4, 0.5) is 5.69 Å². The highest BCUT2D eigenvalue weighted by Crippen LogP contribution is 2.48. The molecule has 0 spiro atoms. The molecule has 0 bridgehead atoms. The summed E-state index contributed by atoms with van der Waals surface area (Å²) in [5.41, 5.74) is 4.04. The van der Waals surface area contributed by atoms with Crippen molar-refractivity contribution in [3.63, 3.8) is 0 Å². The maximum Gasteiger partial charge on any atom is 0.193 e. The molecule has 0 unspecified atom stereocenters. The van der Waals surface area contributed by atoms with Crippen LogP contribution in [0.3, 0.4) is 0 Å². The second-order valence-corrected chi connectivity index (χ2v) is 7.96. The number of hydrogen-bond donors (Lipinski definition) is 2. The van der Waals surface area contributed by atoms with Gasteiger partial charge in [0.25, 0.3) is 0 Å². The van der Waals surface area contributed by atoms with Gasteiger partial charge in [0, 0.05) is 45.2 Å². The minimum absolute atomic E-state index is 0. The quantitative estimate of drug-likeness (QED) is 0.377. The average molecular weight is 506 g/mol. The fourth-order valence-corrected chi connectivity index (χ4v) is 4.33. The molecule has 0 aromatic heterocycles. The molecule has 0 amide bonds. The summed E-state index contributed by atoms with van der Waals surface area (Å²) < 4.78 is 0. The first-order chi connectivity index (χ1) is 13.6. The molecule has 2 aromatic rings. The summed E-state index contributed by atoms with van der Waals surface area (Å²) in [4.78, 5) is 9.11. The van der Waals surface area contributed by atoms with Gasteiger partial charge in [-0.1, -0.05) is 36.4 Å². The molecule has 2 N–H and O–H groups in total. The molecule has 5 nitrogen and oxygen atoms in total. The van der Waals surface area contributed by atoms with E-state index in [0.29, 0.717) is 5.75 Å². The molecule has 6 heteroatoms. The van der Waals surface area contributed by atoms with E-state index < -0.39 is 0 Å². The van der Waals surface area contributed by atoms with Crippen molar-refractivity contribution in [2.24, 2.45) is 4.99 Å². The minimum atomic E-state index is 0. The lowest BCUT2D eigenvalue weighted by molar-refractivity contribution is 0.368. The number of aliphatic imine (C=N–C) groups is 1. The Labute approximate surface area is 190 Å². The van der Waals surface area contributed by atoms with Crippen molar-refractivity contribution in [2.45, 2.75) is 25.2 Å². The van der Waals surface area contributed by atoms with E-state index in [9.17, 15) is 5.11 Å². The lowest BCUT2D eigenvalue weighted by Gasteiger charge is -2.38. The molecule has 2 aliphatic rings. The van der Waals surface area contributed by atoms with Crippen LogP contribution in [0.25, 0.3) is 0 Å². The number of halogens is 1. The van der Waals surface area contributed by atoms with E-state index in [1.807, 2.05) is 25.2 Å². The van der Waals surface area contributed by atoms with Crippen molar-refractivity contribution in [1.29, 1.82) is 0 Å². The molecule has 2 fully saturated rings. The van der Waals surface area contributed by atoms with E-state index in [2.05, 4.69) is 51.3 Å². The van der Waals surface area contributed by atoms with Crippen molar-refractivity contribution in [2.75, 3.05) is 44.7 Å². The van der Waals surface area contributed by atoms with Gasteiger partial charge in [-0.25, -0.2) is 0 Å². The van der Waals surface area contributed by atoms with Crippen LogP contribution in [0, 0.1) is 6.92 Å². The van der Waals surface area contributed by atoms with Gasteiger partial charge in [-0.3, -0.25) is 4.99 Å². The van der Waals surface area contributed by atoms with Crippen LogP contribution < -0.4 is 10.2 Å². The Kier molecular flexibility index (Phi) is 6.93. The zero-order valence-corrected chi connectivity index (χ0v) is 19.6. The highest BCUT2D eigenvalue weighted by Gasteiger charge is 2.45. The normalized spacial score (nSPS) is 18.2. The molecule has 29 heavy (non-hydrogen) atoms. The first-order valence-corrected chi connectivity index (χ1v) is 10.2. The van der Waals surface area contributed by atoms with Crippen LogP contribution in [0.15, 0.2) is 53.5 Å². The lowest BCUT2D eigenvalue weighted by Crippen LogP contribution is -2.53. The van der Waals surface area contributed by atoms with Gasteiger partial charge in [-0.05, 0) is 43.0 Å². The topological polar surface area (TPSA) is 51.1 Å². The van der Waals surface area contributed by atoms with Crippen molar-refractivity contribution >= 4 is 35.6 Å². The average Bonchev–Trinajstić information content (AvgIpc) is 3.51. The molecule has 1 aliphatic heterocycles. The van der Waals surface area contributed by atoms with Crippen molar-refractivity contribution in [1.82, 2.24) is 10.2 Å².